The average Bonchev–Trinajstić information content (AvgIpc) is 2.36. The maximum absolute atomic E-state index is 11.5. The predicted octanol–water partition coefficient (Wildman–Crippen LogP) is 2.55. The van der Waals surface area contributed by atoms with Crippen LogP contribution in [0.1, 0.15) is 34.1 Å². The Balaban J connectivity index is 2.70. The molecule has 0 aromatic heterocycles. The summed E-state index contributed by atoms with van der Waals surface area (Å²) in [5, 5.41) is 0. The molecule has 0 radical (unpaired) electrons. The Labute approximate surface area is 99.8 Å². The lowest BCUT2D eigenvalue weighted by molar-refractivity contribution is 0.0504. The summed E-state index contributed by atoms with van der Waals surface area (Å²) in [7, 11) is 0. The average molecular weight is 234 g/mol. The summed E-state index contributed by atoms with van der Waals surface area (Å²) in [6.07, 6.45) is 1.83. The Morgan fingerprint density at radius 3 is 2.18 bits per heavy atom. The largest absolute Gasteiger partial charge is 0.462 e. The SMILES string of the molecule is C=COC(=O)c1ccc(C(=O)OCCC)cc1. The highest BCUT2D eigenvalue weighted by molar-refractivity contribution is 5.93. The third kappa shape index (κ3) is 3.75. The lowest BCUT2D eigenvalue weighted by Crippen LogP contribution is -2.07. The Hall–Kier alpha value is -2.10. The van der Waals surface area contributed by atoms with Crippen molar-refractivity contribution in [3.05, 3.63) is 48.2 Å². The maximum Gasteiger partial charge on any atom is 0.342 e. The summed E-state index contributed by atoms with van der Waals surface area (Å²) >= 11 is 0. The number of rotatable bonds is 5. The summed E-state index contributed by atoms with van der Waals surface area (Å²) in [5.41, 5.74) is 0.769. The Morgan fingerprint density at radius 2 is 1.71 bits per heavy atom. The summed E-state index contributed by atoms with van der Waals surface area (Å²) in [6.45, 7) is 5.59. The van der Waals surface area contributed by atoms with E-state index in [0.717, 1.165) is 12.7 Å². The number of benzene rings is 1. The molecule has 4 nitrogen and oxygen atoms in total. The number of hydrogen-bond acceptors (Lipinski definition) is 4. The fraction of sp³-hybridized carbons (Fsp3) is 0.231. The molecular weight excluding hydrogens is 220 g/mol. The van der Waals surface area contributed by atoms with Crippen molar-refractivity contribution in [2.75, 3.05) is 6.61 Å². The Morgan fingerprint density at radius 1 is 1.18 bits per heavy atom. The van der Waals surface area contributed by atoms with E-state index in [9.17, 15) is 9.59 Å². The zero-order valence-electron chi connectivity index (χ0n) is 9.64. The molecule has 0 fully saturated rings. The third-order valence-corrected chi connectivity index (χ3v) is 1.98. The van der Waals surface area contributed by atoms with Crippen LogP contribution in [0.5, 0.6) is 0 Å². The number of hydrogen-bond donors (Lipinski definition) is 0. The van der Waals surface area contributed by atoms with Crippen molar-refractivity contribution in [2.24, 2.45) is 0 Å². The van der Waals surface area contributed by atoms with Crippen LogP contribution < -0.4 is 0 Å². The number of carbonyl (C=O) groups is 2. The minimum Gasteiger partial charge on any atom is -0.462 e. The molecule has 1 aromatic carbocycles. The van der Waals surface area contributed by atoms with E-state index in [-0.39, 0.29) is 0 Å². The van der Waals surface area contributed by atoms with E-state index in [1.165, 1.54) is 24.3 Å². The topological polar surface area (TPSA) is 52.6 Å². The first kappa shape index (κ1) is 13.0. The standard InChI is InChI=1S/C13H14O4/c1-3-9-17-13(15)11-7-5-10(6-8-11)12(14)16-4-2/h4-8H,2-3,9H2,1H3. The molecular formula is C13H14O4. The molecule has 0 aliphatic carbocycles. The molecule has 0 aliphatic heterocycles. The zero-order valence-corrected chi connectivity index (χ0v) is 9.64. The summed E-state index contributed by atoms with van der Waals surface area (Å²) in [6, 6.07) is 6.07. The first-order valence-electron chi connectivity index (χ1n) is 5.28. The van der Waals surface area contributed by atoms with Crippen LogP contribution in [0.2, 0.25) is 0 Å². The number of ether oxygens (including phenoxy) is 2. The van der Waals surface area contributed by atoms with Gasteiger partial charge in [0.25, 0.3) is 0 Å². The molecule has 1 aromatic rings. The first-order chi connectivity index (χ1) is 8.19. The zero-order chi connectivity index (χ0) is 12.7. The van der Waals surface area contributed by atoms with Gasteiger partial charge in [-0.15, -0.1) is 0 Å². The Kier molecular flexibility index (Phi) is 4.94. The van der Waals surface area contributed by atoms with Gasteiger partial charge < -0.3 is 9.47 Å². The van der Waals surface area contributed by atoms with Gasteiger partial charge in [0.1, 0.15) is 0 Å². The number of esters is 2. The van der Waals surface area contributed by atoms with Crippen LogP contribution in [-0.4, -0.2) is 18.5 Å². The van der Waals surface area contributed by atoms with Gasteiger partial charge >= 0.3 is 11.9 Å². The molecule has 4 heteroatoms. The highest BCUT2D eigenvalue weighted by Crippen LogP contribution is 2.07. The molecule has 1 rings (SSSR count). The van der Waals surface area contributed by atoms with Crippen molar-refractivity contribution in [1.29, 1.82) is 0 Å². The minimum absolute atomic E-state index is 0.358. The van der Waals surface area contributed by atoms with E-state index in [2.05, 4.69) is 11.3 Å². The highest BCUT2D eigenvalue weighted by atomic mass is 16.5. The molecule has 0 heterocycles. The van der Waals surface area contributed by atoms with Gasteiger partial charge in [0.05, 0.1) is 24.0 Å². The molecule has 90 valence electrons. The van der Waals surface area contributed by atoms with Gasteiger partial charge in [0, 0.05) is 0 Å². The van der Waals surface area contributed by atoms with Crippen molar-refractivity contribution in [2.45, 2.75) is 13.3 Å². The van der Waals surface area contributed by atoms with Gasteiger partial charge in [-0.3, -0.25) is 0 Å². The molecule has 0 spiro atoms. The molecule has 0 bridgehead atoms. The molecule has 0 amide bonds. The van der Waals surface area contributed by atoms with Crippen molar-refractivity contribution in [1.82, 2.24) is 0 Å². The van der Waals surface area contributed by atoms with Gasteiger partial charge in [0.15, 0.2) is 0 Å². The number of carbonyl (C=O) groups excluding carboxylic acids is 2. The van der Waals surface area contributed by atoms with E-state index in [1.54, 1.807) is 0 Å². The lowest BCUT2D eigenvalue weighted by atomic mass is 10.1. The van der Waals surface area contributed by atoms with Crippen LogP contribution in [0.4, 0.5) is 0 Å². The van der Waals surface area contributed by atoms with E-state index in [1.807, 2.05) is 6.92 Å². The second-order valence-corrected chi connectivity index (χ2v) is 3.29. The summed E-state index contributed by atoms with van der Waals surface area (Å²) < 4.78 is 9.56. The van der Waals surface area contributed by atoms with Crippen LogP contribution in [0.25, 0.3) is 0 Å². The molecule has 0 saturated heterocycles. The second kappa shape index (κ2) is 6.48. The smallest absolute Gasteiger partial charge is 0.342 e. The van der Waals surface area contributed by atoms with Crippen molar-refractivity contribution in [3.8, 4) is 0 Å². The minimum atomic E-state index is -0.506. The van der Waals surface area contributed by atoms with Crippen LogP contribution in [-0.2, 0) is 9.47 Å². The van der Waals surface area contributed by atoms with Crippen molar-refractivity contribution < 1.29 is 19.1 Å². The fourth-order valence-corrected chi connectivity index (χ4v) is 1.16. The normalized spacial score (nSPS) is 9.47. The monoisotopic (exact) mass is 234 g/mol. The fourth-order valence-electron chi connectivity index (χ4n) is 1.16. The summed E-state index contributed by atoms with van der Waals surface area (Å²) in [5.74, 6) is -0.899. The molecule has 0 atom stereocenters. The first-order valence-corrected chi connectivity index (χ1v) is 5.28. The lowest BCUT2D eigenvalue weighted by Gasteiger charge is -2.03. The maximum atomic E-state index is 11.5. The molecule has 0 N–H and O–H groups in total. The highest BCUT2D eigenvalue weighted by Gasteiger charge is 2.09. The molecule has 0 unspecified atom stereocenters. The van der Waals surface area contributed by atoms with Gasteiger partial charge in [-0.1, -0.05) is 13.5 Å². The molecule has 0 aliphatic rings. The Bertz CT molecular complexity index is 406. The van der Waals surface area contributed by atoms with E-state index in [4.69, 9.17) is 4.74 Å². The van der Waals surface area contributed by atoms with Crippen molar-refractivity contribution >= 4 is 11.9 Å². The van der Waals surface area contributed by atoms with Gasteiger partial charge in [-0.2, -0.15) is 0 Å². The molecule has 17 heavy (non-hydrogen) atoms. The van der Waals surface area contributed by atoms with Crippen LogP contribution in [0, 0.1) is 0 Å². The third-order valence-electron chi connectivity index (χ3n) is 1.98. The predicted molar refractivity (Wildman–Crippen MR) is 62.6 cm³/mol. The van der Waals surface area contributed by atoms with Crippen LogP contribution in [0.15, 0.2) is 37.1 Å². The quantitative estimate of drug-likeness (QED) is 0.580. The van der Waals surface area contributed by atoms with Gasteiger partial charge in [-0.05, 0) is 30.7 Å². The van der Waals surface area contributed by atoms with E-state index in [0.29, 0.717) is 17.7 Å². The second-order valence-electron chi connectivity index (χ2n) is 3.29. The summed E-state index contributed by atoms with van der Waals surface area (Å²) in [4.78, 5) is 22.7. The van der Waals surface area contributed by atoms with Crippen molar-refractivity contribution in [3.63, 3.8) is 0 Å². The van der Waals surface area contributed by atoms with E-state index >= 15 is 0 Å². The van der Waals surface area contributed by atoms with Crippen LogP contribution >= 0.6 is 0 Å². The molecule has 0 saturated carbocycles. The van der Waals surface area contributed by atoms with Gasteiger partial charge in [0.2, 0.25) is 0 Å². The van der Waals surface area contributed by atoms with E-state index < -0.39 is 11.9 Å². The van der Waals surface area contributed by atoms with Crippen LogP contribution in [0.3, 0.4) is 0 Å². The van der Waals surface area contributed by atoms with Gasteiger partial charge in [-0.25, -0.2) is 9.59 Å².